The van der Waals surface area contributed by atoms with E-state index in [9.17, 15) is 0 Å². The van der Waals surface area contributed by atoms with Crippen molar-refractivity contribution in [1.82, 2.24) is 15.1 Å². The molecule has 6 heteroatoms. The van der Waals surface area contributed by atoms with E-state index >= 15 is 0 Å². The van der Waals surface area contributed by atoms with Crippen LogP contribution in [-0.4, -0.2) is 21.2 Å². The van der Waals surface area contributed by atoms with Crippen LogP contribution in [0.25, 0.3) is 11.1 Å². The van der Waals surface area contributed by atoms with Gasteiger partial charge < -0.3 is 14.3 Å². The molecule has 1 N–H and O–H groups in total. The third-order valence-corrected chi connectivity index (χ3v) is 3.23. The van der Waals surface area contributed by atoms with E-state index in [1.54, 1.807) is 6.26 Å². The number of aryl methyl sites for hydroxylation is 2. The minimum atomic E-state index is 0.257. The average Bonchev–Trinajstić information content (AvgIpc) is 3.07. The normalized spacial score (nSPS) is 12.7. The number of rotatable bonds is 5. The lowest BCUT2D eigenvalue weighted by molar-refractivity contribution is 0.442. The number of hydrogen-bond donors (Lipinski definition) is 1. The molecule has 0 fully saturated rings. The molecule has 0 spiro atoms. The van der Waals surface area contributed by atoms with E-state index in [0.717, 1.165) is 35.5 Å². The van der Waals surface area contributed by atoms with E-state index in [1.807, 2.05) is 19.1 Å². The Hall–Kier alpha value is -2.37. The lowest BCUT2D eigenvalue weighted by Crippen LogP contribution is -2.17. The molecule has 0 bridgehead atoms. The van der Waals surface area contributed by atoms with Crippen LogP contribution in [0.5, 0.6) is 0 Å². The summed E-state index contributed by atoms with van der Waals surface area (Å²) in [4.78, 5) is 8.34. The molecule has 0 amide bonds. The van der Waals surface area contributed by atoms with Crippen LogP contribution in [0.4, 0.5) is 5.82 Å². The molecular formula is C14H16N4O2. The minimum Gasteiger partial charge on any atom is -0.469 e. The molecule has 0 saturated carbocycles. The van der Waals surface area contributed by atoms with E-state index in [4.69, 9.17) is 8.94 Å². The highest BCUT2D eigenvalue weighted by atomic mass is 16.5. The van der Waals surface area contributed by atoms with Gasteiger partial charge >= 0.3 is 0 Å². The van der Waals surface area contributed by atoms with Crippen LogP contribution >= 0.6 is 0 Å². The van der Waals surface area contributed by atoms with Gasteiger partial charge in [0.25, 0.3) is 5.71 Å². The first-order valence-electron chi connectivity index (χ1n) is 6.60. The van der Waals surface area contributed by atoms with Gasteiger partial charge in [0.2, 0.25) is 0 Å². The molecule has 0 saturated heterocycles. The van der Waals surface area contributed by atoms with Crippen LogP contribution in [-0.2, 0) is 6.42 Å². The van der Waals surface area contributed by atoms with Crippen molar-refractivity contribution in [3.63, 3.8) is 0 Å². The molecule has 3 aromatic heterocycles. The van der Waals surface area contributed by atoms with E-state index in [2.05, 4.69) is 27.4 Å². The maximum Gasteiger partial charge on any atom is 0.263 e. The van der Waals surface area contributed by atoms with E-state index < -0.39 is 0 Å². The third kappa shape index (κ3) is 2.49. The molecule has 3 rings (SSSR count). The first-order chi connectivity index (χ1) is 9.74. The number of nitrogens with one attached hydrogen (secondary N) is 1. The molecule has 0 unspecified atom stereocenters. The summed E-state index contributed by atoms with van der Waals surface area (Å²) < 4.78 is 10.5. The average molecular weight is 272 g/mol. The molecule has 104 valence electrons. The van der Waals surface area contributed by atoms with Crippen molar-refractivity contribution in [2.75, 3.05) is 5.32 Å². The van der Waals surface area contributed by atoms with E-state index in [0.29, 0.717) is 5.71 Å². The smallest absolute Gasteiger partial charge is 0.263 e. The lowest BCUT2D eigenvalue weighted by Gasteiger charge is -2.14. The number of nitrogens with zero attached hydrogens (tertiary/aromatic N) is 3. The summed E-state index contributed by atoms with van der Waals surface area (Å²) in [6, 6.07) is 4.15. The third-order valence-electron chi connectivity index (χ3n) is 3.23. The van der Waals surface area contributed by atoms with Crippen LogP contribution in [0.3, 0.4) is 0 Å². The van der Waals surface area contributed by atoms with Gasteiger partial charge in [0.1, 0.15) is 23.3 Å². The fourth-order valence-electron chi connectivity index (χ4n) is 2.15. The second kappa shape index (κ2) is 5.32. The molecule has 0 aliphatic carbocycles. The molecule has 3 heterocycles. The molecule has 0 aliphatic rings. The second-order valence-electron chi connectivity index (χ2n) is 4.83. The molecule has 1 atom stereocenters. The summed E-state index contributed by atoms with van der Waals surface area (Å²) in [6.45, 7) is 3.99. The lowest BCUT2D eigenvalue weighted by atomic mass is 10.1. The summed E-state index contributed by atoms with van der Waals surface area (Å²) in [5.74, 6) is 1.76. The predicted molar refractivity (Wildman–Crippen MR) is 74.4 cm³/mol. The zero-order valence-electron chi connectivity index (χ0n) is 11.5. The monoisotopic (exact) mass is 272 g/mol. The number of hydrogen-bond acceptors (Lipinski definition) is 6. The van der Waals surface area contributed by atoms with Crippen molar-refractivity contribution in [2.45, 2.75) is 32.7 Å². The summed E-state index contributed by atoms with van der Waals surface area (Å²) in [7, 11) is 0. The number of fused-ring (bicyclic) bond motifs is 1. The molecule has 0 radical (unpaired) electrons. The van der Waals surface area contributed by atoms with Crippen molar-refractivity contribution in [3.05, 3.63) is 36.2 Å². The van der Waals surface area contributed by atoms with Crippen molar-refractivity contribution < 1.29 is 8.94 Å². The Morgan fingerprint density at radius 2 is 2.25 bits per heavy atom. The quantitative estimate of drug-likeness (QED) is 0.769. The van der Waals surface area contributed by atoms with E-state index in [1.165, 1.54) is 6.33 Å². The predicted octanol–water partition coefficient (Wildman–Crippen LogP) is 2.95. The van der Waals surface area contributed by atoms with Gasteiger partial charge in [-0.25, -0.2) is 4.98 Å². The summed E-state index contributed by atoms with van der Waals surface area (Å²) in [5, 5.41) is 8.14. The molecule has 3 aromatic rings. The van der Waals surface area contributed by atoms with Crippen molar-refractivity contribution in [1.29, 1.82) is 0 Å². The Morgan fingerprint density at radius 3 is 3.05 bits per heavy atom. The first kappa shape index (κ1) is 12.7. The van der Waals surface area contributed by atoms with Crippen LogP contribution < -0.4 is 5.32 Å². The number of furan rings is 1. The molecule has 6 nitrogen and oxygen atoms in total. The molecule has 0 aliphatic heterocycles. The Labute approximate surface area is 116 Å². The topological polar surface area (TPSA) is 77.0 Å². The van der Waals surface area contributed by atoms with Gasteiger partial charge in [-0.15, -0.1) is 0 Å². The Kier molecular flexibility index (Phi) is 3.37. The van der Waals surface area contributed by atoms with Crippen LogP contribution in [0.1, 0.15) is 24.8 Å². The maximum atomic E-state index is 5.33. The van der Waals surface area contributed by atoms with Gasteiger partial charge in [0.15, 0.2) is 0 Å². The fourth-order valence-corrected chi connectivity index (χ4v) is 2.15. The molecule has 20 heavy (non-hydrogen) atoms. The van der Waals surface area contributed by atoms with Crippen molar-refractivity contribution >= 4 is 16.9 Å². The summed E-state index contributed by atoms with van der Waals surface area (Å²) in [6.07, 6.45) is 5.01. The van der Waals surface area contributed by atoms with Gasteiger partial charge in [-0.3, -0.25) is 0 Å². The van der Waals surface area contributed by atoms with Crippen molar-refractivity contribution in [3.8, 4) is 0 Å². The second-order valence-corrected chi connectivity index (χ2v) is 4.83. The minimum absolute atomic E-state index is 0.257. The van der Waals surface area contributed by atoms with Crippen LogP contribution in [0, 0.1) is 6.92 Å². The zero-order chi connectivity index (χ0) is 13.9. The Bertz CT molecular complexity index is 690. The first-order valence-corrected chi connectivity index (χ1v) is 6.60. The number of aromatic nitrogens is 3. The van der Waals surface area contributed by atoms with Gasteiger partial charge in [0, 0.05) is 12.5 Å². The highest BCUT2D eigenvalue weighted by molar-refractivity contribution is 5.87. The van der Waals surface area contributed by atoms with E-state index in [-0.39, 0.29) is 6.04 Å². The largest absolute Gasteiger partial charge is 0.469 e. The van der Waals surface area contributed by atoms with Crippen LogP contribution in [0.2, 0.25) is 0 Å². The standard InChI is InChI=1S/C14H16N4O2/c1-9(5-6-11-4-3-7-19-11)17-13-12-10(2)18-20-14(12)16-8-15-13/h3-4,7-9H,5-6H2,1-2H3,(H,15,16,17)/t9-/m0/s1. The molecular weight excluding hydrogens is 256 g/mol. The highest BCUT2D eigenvalue weighted by Crippen LogP contribution is 2.23. The summed E-state index contributed by atoms with van der Waals surface area (Å²) >= 11 is 0. The van der Waals surface area contributed by atoms with Gasteiger partial charge in [-0.1, -0.05) is 5.16 Å². The highest BCUT2D eigenvalue weighted by Gasteiger charge is 2.13. The number of anilines is 1. The van der Waals surface area contributed by atoms with Gasteiger partial charge in [-0.2, -0.15) is 4.98 Å². The Morgan fingerprint density at radius 1 is 1.35 bits per heavy atom. The van der Waals surface area contributed by atoms with Crippen molar-refractivity contribution in [2.24, 2.45) is 0 Å². The van der Waals surface area contributed by atoms with Crippen LogP contribution in [0.15, 0.2) is 33.7 Å². The molecule has 0 aromatic carbocycles. The fraction of sp³-hybridized carbons (Fsp3) is 0.357. The SMILES string of the molecule is Cc1noc2ncnc(N[C@@H](C)CCc3ccco3)c12. The Balaban J connectivity index is 1.71. The summed E-state index contributed by atoms with van der Waals surface area (Å²) in [5.41, 5.74) is 1.31. The maximum absolute atomic E-state index is 5.33. The zero-order valence-corrected chi connectivity index (χ0v) is 11.5. The van der Waals surface area contributed by atoms with Gasteiger partial charge in [0.05, 0.1) is 12.0 Å². The van der Waals surface area contributed by atoms with Gasteiger partial charge in [-0.05, 0) is 32.4 Å².